The van der Waals surface area contributed by atoms with Crippen LogP contribution in [0, 0.1) is 0 Å². The van der Waals surface area contributed by atoms with E-state index < -0.39 is 19.9 Å². The Morgan fingerprint density at radius 3 is 2.60 bits per heavy atom. The van der Waals surface area contributed by atoms with Crippen LogP contribution in [-0.2, 0) is 9.36 Å². The van der Waals surface area contributed by atoms with E-state index in [4.69, 9.17) is 4.89 Å². The van der Waals surface area contributed by atoms with Gasteiger partial charge in [0.15, 0.2) is 0 Å². The molecule has 2 unspecified atom stereocenters. The summed E-state index contributed by atoms with van der Waals surface area (Å²) < 4.78 is 12.4. The van der Waals surface area contributed by atoms with E-state index in [1.54, 1.807) is 30.3 Å². The zero-order valence-corrected chi connectivity index (χ0v) is 11.9. The lowest BCUT2D eigenvalue weighted by Gasteiger charge is -2.38. The molecule has 1 heterocycles. The number of hydrogen-bond donors (Lipinski definition) is 2. The summed E-state index contributed by atoms with van der Waals surface area (Å²) in [4.78, 5) is 32.8. The molecular formula is C13H16N2O4P+. The lowest BCUT2D eigenvalue weighted by molar-refractivity contribution is -0.119. The molecular weight excluding hydrogens is 279 g/mol. The van der Waals surface area contributed by atoms with Crippen molar-refractivity contribution in [3.63, 3.8) is 0 Å². The van der Waals surface area contributed by atoms with Crippen molar-refractivity contribution in [3.05, 3.63) is 35.9 Å². The van der Waals surface area contributed by atoms with Crippen molar-refractivity contribution in [3.8, 4) is 0 Å². The molecule has 0 saturated carbocycles. The van der Waals surface area contributed by atoms with Crippen molar-refractivity contribution in [2.45, 2.75) is 25.4 Å². The summed E-state index contributed by atoms with van der Waals surface area (Å²) in [5.41, 5.74) is 0.336. The van der Waals surface area contributed by atoms with Crippen LogP contribution in [0.5, 0.6) is 0 Å². The zero-order chi connectivity index (χ0) is 14.7. The molecule has 20 heavy (non-hydrogen) atoms. The van der Waals surface area contributed by atoms with Crippen molar-refractivity contribution < 1.29 is 19.0 Å². The van der Waals surface area contributed by atoms with E-state index in [1.165, 1.54) is 4.67 Å². The number of carbonyl (C=O) groups excluding carboxylic acids is 2. The Bertz CT molecular complexity index is 534. The van der Waals surface area contributed by atoms with E-state index in [0.29, 0.717) is 12.0 Å². The monoisotopic (exact) mass is 295 g/mol. The quantitative estimate of drug-likeness (QED) is 0.482. The molecule has 1 aromatic rings. The smallest absolute Gasteiger partial charge is 0.343 e. The Morgan fingerprint density at radius 1 is 1.40 bits per heavy atom. The minimum absolute atomic E-state index is 0.198. The fraction of sp³-hybridized carbons (Fsp3) is 0.385. The predicted octanol–water partition coefficient (Wildman–Crippen LogP) is 1.10. The standard InChI is InChI=1S/C13H15N2O4P/c1-2-11-10(8-15(11)20(18)19)14-13(17)12(16)9-6-4-3-5-7-9/h3-7,10-11H,2,8H2,1H3,(H-,14,17,18,19)/p+1/t10?,11-/m0/s1. The zero-order valence-electron chi connectivity index (χ0n) is 11.0. The number of nitrogens with zero attached hydrogens (tertiary/aromatic N) is 1. The topological polar surface area (TPSA) is 86.7 Å². The molecule has 0 radical (unpaired) electrons. The van der Waals surface area contributed by atoms with Crippen molar-refractivity contribution in [2.24, 2.45) is 0 Å². The molecule has 6 nitrogen and oxygen atoms in total. The number of hydrogen-bond acceptors (Lipinski definition) is 3. The van der Waals surface area contributed by atoms with E-state index >= 15 is 0 Å². The van der Waals surface area contributed by atoms with Crippen LogP contribution in [0.4, 0.5) is 0 Å². The maximum Gasteiger partial charge on any atom is 0.613 e. The molecule has 2 N–H and O–H groups in total. The van der Waals surface area contributed by atoms with Crippen LogP contribution in [-0.4, -0.2) is 39.9 Å². The van der Waals surface area contributed by atoms with Gasteiger partial charge in [0, 0.05) is 5.56 Å². The number of amides is 1. The summed E-state index contributed by atoms with van der Waals surface area (Å²) in [6.45, 7) is 2.16. The highest BCUT2D eigenvalue weighted by molar-refractivity contribution is 7.35. The van der Waals surface area contributed by atoms with Gasteiger partial charge in [0.1, 0.15) is 0 Å². The van der Waals surface area contributed by atoms with Crippen LogP contribution in [0.15, 0.2) is 30.3 Å². The SMILES string of the molecule is CC[C@H]1C(NC(=O)C(=O)c2ccccc2)CN1[P+](=O)O. The highest BCUT2D eigenvalue weighted by Crippen LogP contribution is 2.35. The molecule has 1 aliphatic heterocycles. The van der Waals surface area contributed by atoms with Crippen LogP contribution < -0.4 is 5.32 Å². The number of ketones is 1. The van der Waals surface area contributed by atoms with Crippen molar-refractivity contribution in [1.29, 1.82) is 0 Å². The van der Waals surface area contributed by atoms with Crippen molar-refractivity contribution in [2.75, 3.05) is 6.54 Å². The number of carbonyl (C=O) groups is 2. The first-order valence-electron chi connectivity index (χ1n) is 6.37. The largest absolute Gasteiger partial charge is 0.613 e. The van der Waals surface area contributed by atoms with Crippen molar-refractivity contribution >= 4 is 19.9 Å². The van der Waals surface area contributed by atoms with Gasteiger partial charge in [-0.15, -0.1) is 4.89 Å². The van der Waals surface area contributed by atoms with E-state index in [9.17, 15) is 14.2 Å². The Balaban J connectivity index is 1.96. The third-order valence-corrected chi connectivity index (χ3v) is 4.33. The summed E-state index contributed by atoms with van der Waals surface area (Å²) in [7, 11) is -2.38. The maximum atomic E-state index is 11.9. The summed E-state index contributed by atoms with van der Waals surface area (Å²) in [6.07, 6.45) is 0.631. The molecule has 1 amide bonds. The molecule has 106 valence electrons. The van der Waals surface area contributed by atoms with Gasteiger partial charge in [-0.05, 0) is 11.0 Å². The molecule has 0 bridgehead atoms. The number of Topliss-reactive ketones (excluding diaryl/α,β-unsaturated/α-hetero) is 1. The number of nitrogens with one attached hydrogen (secondary N) is 1. The third kappa shape index (κ3) is 2.93. The van der Waals surface area contributed by atoms with Gasteiger partial charge in [-0.1, -0.05) is 41.9 Å². The highest BCUT2D eigenvalue weighted by atomic mass is 31.1. The minimum Gasteiger partial charge on any atom is -0.343 e. The van der Waals surface area contributed by atoms with Gasteiger partial charge in [-0.3, -0.25) is 9.59 Å². The van der Waals surface area contributed by atoms with Crippen LogP contribution in [0.1, 0.15) is 23.7 Å². The van der Waals surface area contributed by atoms with Gasteiger partial charge < -0.3 is 5.32 Å². The first-order chi connectivity index (χ1) is 9.54. The average Bonchev–Trinajstić information content (AvgIpc) is 2.42. The molecule has 0 aliphatic carbocycles. The van der Waals surface area contributed by atoms with Gasteiger partial charge in [0.2, 0.25) is 5.78 Å². The number of benzene rings is 1. The van der Waals surface area contributed by atoms with Crippen molar-refractivity contribution in [1.82, 2.24) is 9.99 Å². The molecule has 0 aromatic heterocycles. The average molecular weight is 295 g/mol. The van der Waals surface area contributed by atoms with Crippen LogP contribution in [0.3, 0.4) is 0 Å². The summed E-state index contributed by atoms with van der Waals surface area (Å²) in [6, 6.07) is 7.85. The maximum absolute atomic E-state index is 11.9. The van der Waals surface area contributed by atoms with Crippen LogP contribution >= 0.6 is 8.18 Å². The highest BCUT2D eigenvalue weighted by Gasteiger charge is 2.50. The van der Waals surface area contributed by atoms with Gasteiger partial charge in [0.05, 0.1) is 18.6 Å². The van der Waals surface area contributed by atoms with Crippen LogP contribution in [0.25, 0.3) is 0 Å². The summed E-state index contributed by atoms with van der Waals surface area (Å²) >= 11 is 0. The predicted molar refractivity (Wildman–Crippen MR) is 73.3 cm³/mol. The molecule has 1 aliphatic rings. The van der Waals surface area contributed by atoms with Gasteiger partial charge in [-0.2, -0.15) is 0 Å². The Hall–Kier alpha value is -1.62. The summed E-state index contributed by atoms with van der Waals surface area (Å²) in [5, 5.41) is 2.63. The summed E-state index contributed by atoms with van der Waals surface area (Å²) in [5.74, 6) is -1.26. The molecule has 1 fully saturated rings. The number of rotatable bonds is 5. The molecule has 3 atom stereocenters. The molecule has 7 heteroatoms. The first kappa shape index (κ1) is 14.8. The van der Waals surface area contributed by atoms with E-state index in [2.05, 4.69) is 5.32 Å². The second-order valence-electron chi connectivity index (χ2n) is 4.63. The van der Waals surface area contributed by atoms with E-state index in [0.717, 1.165) is 0 Å². The Labute approximate surface area is 117 Å². The van der Waals surface area contributed by atoms with Crippen LogP contribution in [0.2, 0.25) is 0 Å². The Morgan fingerprint density at radius 2 is 2.05 bits per heavy atom. The fourth-order valence-electron chi connectivity index (χ4n) is 2.32. The Kier molecular flexibility index (Phi) is 4.60. The lowest BCUT2D eigenvalue weighted by atomic mass is 9.97. The molecule has 1 saturated heterocycles. The normalized spacial score (nSPS) is 22.8. The molecule has 2 rings (SSSR count). The van der Waals surface area contributed by atoms with Gasteiger partial charge in [0.25, 0.3) is 5.91 Å². The first-order valence-corrected chi connectivity index (χ1v) is 7.54. The minimum atomic E-state index is -2.38. The van der Waals surface area contributed by atoms with Gasteiger partial charge >= 0.3 is 8.18 Å². The third-order valence-electron chi connectivity index (χ3n) is 3.43. The molecule has 1 aromatic carbocycles. The fourth-order valence-corrected chi connectivity index (χ4v) is 3.21. The van der Waals surface area contributed by atoms with Gasteiger partial charge in [-0.25, -0.2) is 0 Å². The van der Waals surface area contributed by atoms with E-state index in [1.807, 2.05) is 6.92 Å². The van der Waals surface area contributed by atoms with E-state index in [-0.39, 0.29) is 18.6 Å². The second-order valence-corrected chi connectivity index (χ2v) is 5.64. The lowest BCUT2D eigenvalue weighted by Crippen LogP contribution is -2.64. The second kappa shape index (κ2) is 6.22. The molecule has 0 spiro atoms.